The predicted octanol–water partition coefficient (Wildman–Crippen LogP) is 2.25. The van der Waals surface area contributed by atoms with Crippen LogP contribution in [0.2, 0.25) is 5.02 Å². The Labute approximate surface area is 105 Å². The first-order chi connectivity index (χ1) is 8.08. The minimum Gasteiger partial charge on any atom is -0.491 e. The van der Waals surface area contributed by atoms with Crippen LogP contribution in [-0.2, 0) is 4.79 Å². The van der Waals surface area contributed by atoms with Crippen molar-refractivity contribution in [1.82, 2.24) is 0 Å². The largest absolute Gasteiger partial charge is 0.491 e. The molecule has 5 heteroatoms. The summed E-state index contributed by atoms with van der Waals surface area (Å²) >= 11 is 6.03. The number of hydrogen-bond acceptors (Lipinski definition) is 3. The van der Waals surface area contributed by atoms with Gasteiger partial charge in [0, 0.05) is 6.08 Å². The van der Waals surface area contributed by atoms with E-state index in [0.717, 1.165) is 5.56 Å². The van der Waals surface area contributed by atoms with Gasteiger partial charge in [-0.25, -0.2) is 0 Å². The van der Waals surface area contributed by atoms with E-state index in [1.807, 2.05) is 6.92 Å². The van der Waals surface area contributed by atoms with Gasteiger partial charge in [-0.1, -0.05) is 11.6 Å². The van der Waals surface area contributed by atoms with Crippen LogP contribution < -0.4 is 15.2 Å². The van der Waals surface area contributed by atoms with E-state index < -0.39 is 5.91 Å². The standard InChI is InChI=1S/C12H14ClNO3/c1-3-17-10-7-8(4-5-11(14)15)6-9(13)12(10)16-2/h4-7H,3H2,1-2H3,(H2,14,15)/b5-4+. The van der Waals surface area contributed by atoms with Crippen molar-refractivity contribution in [2.24, 2.45) is 5.73 Å². The molecule has 0 fully saturated rings. The van der Waals surface area contributed by atoms with Crippen LogP contribution in [0.25, 0.3) is 6.08 Å². The average molecular weight is 256 g/mol. The maximum Gasteiger partial charge on any atom is 0.241 e. The van der Waals surface area contributed by atoms with Crippen molar-refractivity contribution >= 4 is 23.6 Å². The Hall–Kier alpha value is -1.68. The first-order valence-corrected chi connectivity index (χ1v) is 5.44. The second kappa shape index (κ2) is 6.15. The molecule has 0 saturated heterocycles. The number of primary amides is 1. The molecule has 2 N–H and O–H groups in total. The summed E-state index contributed by atoms with van der Waals surface area (Å²) in [7, 11) is 1.52. The Morgan fingerprint density at radius 3 is 2.76 bits per heavy atom. The number of nitrogens with two attached hydrogens (primary N) is 1. The summed E-state index contributed by atoms with van der Waals surface area (Å²) in [5, 5.41) is 0.419. The third-order valence-corrected chi connectivity index (χ3v) is 2.26. The second-order valence-corrected chi connectivity index (χ2v) is 3.61. The summed E-state index contributed by atoms with van der Waals surface area (Å²) in [6.07, 6.45) is 2.82. The van der Waals surface area contributed by atoms with E-state index in [0.29, 0.717) is 23.1 Å². The van der Waals surface area contributed by atoms with Crippen LogP contribution in [0.15, 0.2) is 18.2 Å². The molecule has 0 unspecified atom stereocenters. The molecule has 0 radical (unpaired) electrons. The summed E-state index contributed by atoms with van der Waals surface area (Å²) < 4.78 is 10.5. The summed E-state index contributed by atoms with van der Waals surface area (Å²) in [6, 6.07) is 3.40. The van der Waals surface area contributed by atoms with Gasteiger partial charge in [-0.2, -0.15) is 0 Å². The fraction of sp³-hybridized carbons (Fsp3) is 0.250. The highest BCUT2D eigenvalue weighted by atomic mass is 35.5. The van der Waals surface area contributed by atoms with Crippen molar-refractivity contribution in [3.05, 3.63) is 28.8 Å². The van der Waals surface area contributed by atoms with Crippen LogP contribution in [-0.4, -0.2) is 19.6 Å². The zero-order valence-electron chi connectivity index (χ0n) is 9.70. The van der Waals surface area contributed by atoms with Crippen molar-refractivity contribution in [3.63, 3.8) is 0 Å². The van der Waals surface area contributed by atoms with Crippen LogP contribution in [0.1, 0.15) is 12.5 Å². The molecule has 1 aromatic rings. The predicted molar refractivity (Wildman–Crippen MR) is 67.4 cm³/mol. The molecular formula is C12H14ClNO3. The molecular weight excluding hydrogens is 242 g/mol. The molecule has 1 rings (SSSR count). The number of methoxy groups -OCH3 is 1. The molecule has 4 nitrogen and oxygen atoms in total. The molecule has 1 aromatic carbocycles. The first kappa shape index (κ1) is 13.4. The minimum absolute atomic E-state index is 0.419. The quantitative estimate of drug-likeness (QED) is 0.821. The highest BCUT2D eigenvalue weighted by Gasteiger charge is 2.10. The Kier molecular flexibility index (Phi) is 4.84. The van der Waals surface area contributed by atoms with Gasteiger partial charge in [-0.15, -0.1) is 0 Å². The SMILES string of the molecule is CCOc1cc(/C=C/C(N)=O)cc(Cl)c1OC. The van der Waals surface area contributed by atoms with Gasteiger partial charge in [0.1, 0.15) is 0 Å². The van der Waals surface area contributed by atoms with Gasteiger partial charge in [0.25, 0.3) is 0 Å². The Morgan fingerprint density at radius 2 is 2.24 bits per heavy atom. The Balaban J connectivity index is 3.14. The van der Waals surface area contributed by atoms with Gasteiger partial charge in [0.05, 0.1) is 18.7 Å². The molecule has 0 aromatic heterocycles. The average Bonchev–Trinajstić information content (AvgIpc) is 2.26. The van der Waals surface area contributed by atoms with Crippen LogP contribution in [0, 0.1) is 0 Å². The van der Waals surface area contributed by atoms with Crippen LogP contribution in [0.4, 0.5) is 0 Å². The molecule has 0 spiro atoms. The lowest BCUT2D eigenvalue weighted by Crippen LogP contribution is -2.05. The number of ether oxygens (including phenoxy) is 2. The molecule has 92 valence electrons. The van der Waals surface area contributed by atoms with Crippen molar-refractivity contribution < 1.29 is 14.3 Å². The van der Waals surface area contributed by atoms with Crippen LogP contribution in [0.5, 0.6) is 11.5 Å². The number of hydrogen-bond donors (Lipinski definition) is 1. The van der Waals surface area contributed by atoms with Gasteiger partial charge in [0.15, 0.2) is 11.5 Å². The van der Waals surface area contributed by atoms with Gasteiger partial charge in [-0.3, -0.25) is 4.79 Å². The Bertz CT molecular complexity index is 444. The lowest BCUT2D eigenvalue weighted by molar-refractivity contribution is -0.113. The fourth-order valence-electron chi connectivity index (χ4n) is 1.32. The van der Waals surface area contributed by atoms with Crippen molar-refractivity contribution in [2.75, 3.05) is 13.7 Å². The zero-order valence-corrected chi connectivity index (χ0v) is 10.5. The number of benzene rings is 1. The maximum absolute atomic E-state index is 10.6. The number of carbonyl (C=O) groups excluding carboxylic acids is 1. The molecule has 17 heavy (non-hydrogen) atoms. The third kappa shape index (κ3) is 3.67. The zero-order chi connectivity index (χ0) is 12.8. The smallest absolute Gasteiger partial charge is 0.241 e. The summed E-state index contributed by atoms with van der Waals surface area (Å²) in [5.41, 5.74) is 5.74. The molecule has 0 bridgehead atoms. The van der Waals surface area contributed by atoms with E-state index in [1.165, 1.54) is 13.2 Å². The number of halogens is 1. The topological polar surface area (TPSA) is 61.5 Å². The third-order valence-electron chi connectivity index (χ3n) is 1.98. The monoisotopic (exact) mass is 255 g/mol. The summed E-state index contributed by atoms with van der Waals surface area (Å²) in [6.45, 7) is 2.36. The lowest BCUT2D eigenvalue weighted by atomic mass is 10.2. The molecule has 0 saturated carbocycles. The first-order valence-electron chi connectivity index (χ1n) is 5.06. The fourth-order valence-corrected chi connectivity index (χ4v) is 1.62. The van der Waals surface area contributed by atoms with E-state index >= 15 is 0 Å². The maximum atomic E-state index is 10.6. The van der Waals surface area contributed by atoms with Gasteiger partial charge in [0.2, 0.25) is 5.91 Å². The van der Waals surface area contributed by atoms with Crippen molar-refractivity contribution in [1.29, 1.82) is 0 Å². The molecule has 0 aliphatic rings. The van der Waals surface area contributed by atoms with E-state index in [2.05, 4.69) is 0 Å². The van der Waals surface area contributed by atoms with Crippen LogP contribution >= 0.6 is 11.6 Å². The van der Waals surface area contributed by atoms with E-state index in [1.54, 1.807) is 18.2 Å². The molecule has 1 amide bonds. The number of carbonyl (C=O) groups is 1. The minimum atomic E-state index is -0.519. The summed E-state index contributed by atoms with van der Waals surface area (Å²) in [4.78, 5) is 10.6. The Morgan fingerprint density at radius 1 is 1.53 bits per heavy atom. The number of amides is 1. The molecule has 0 atom stereocenters. The van der Waals surface area contributed by atoms with E-state index in [4.69, 9.17) is 26.8 Å². The lowest BCUT2D eigenvalue weighted by Gasteiger charge is -2.11. The summed E-state index contributed by atoms with van der Waals surface area (Å²) in [5.74, 6) is 0.492. The number of rotatable bonds is 5. The second-order valence-electron chi connectivity index (χ2n) is 3.20. The highest BCUT2D eigenvalue weighted by Crippen LogP contribution is 2.36. The molecule has 0 aliphatic heterocycles. The van der Waals surface area contributed by atoms with Crippen molar-refractivity contribution in [3.8, 4) is 11.5 Å². The van der Waals surface area contributed by atoms with Gasteiger partial charge in [-0.05, 0) is 30.7 Å². The van der Waals surface area contributed by atoms with Gasteiger partial charge >= 0.3 is 0 Å². The van der Waals surface area contributed by atoms with Gasteiger partial charge < -0.3 is 15.2 Å². The molecule has 0 aliphatic carbocycles. The van der Waals surface area contributed by atoms with E-state index in [9.17, 15) is 4.79 Å². The molecule has 0 heterocycles. The van der Waals surface area contributed by atoms with Crippen LogP contribution in [0.3, 0.4) is 0 Å². The normalized spacial score (nSPS) is 10.5. The van der Waals surface area contributed by atoms with Crippen molar-refractivity contribution in [2.45, 2.75) is 6.92 Å². The highest BCUT2D eigenvalue weighted by molar-refractivity contribution is 6.32. The van der Waals surface area contributed by atoms with E-state index in [-0.39, 0.29) is 0 Å².